The Balaban J connectivity index is 2.25. The van der Waals surface area contributed by atoms with Crippen molar-refractivity contribution in [3.8, 4) is 11.3 Å². The fourth-order valence-corrected chi connectivity index (χ4v) is 1.82. The molecule has 3 aromatic rings. The van der Waals surface area contributed by atoms with Crippen molar-refractivity contribution in [2.24, 2.45) is 0 Å². The summed E-state index contributed by atoms with van der Waals surface area (Å²) >= 11 is 0. The minimum Gasteiger partial charge on any atom is -0.464 e. The molecule has 0 aliphatic carbocycles. The smallest absolute Gasteiger partial charge is 0.356 e. The molecule has 0 spiro atoms. The Labute approximate surface area is 108 Å². The van der Waals surface area contributed by atoms with Gasteiger partial charge >= 0.3 is 5.97 Å². The van der Waals surface area contributed by atoms with Crippen LogP contribution in [0.2, 0.25) is 0 Å². The number of hydrogen-bond acceptors (Lipinski definition) is 5. The van der Waals surface area contributed by atoms with Crippen molar-refractivity contribution in [3.05, 3.63) is 48.4 Å². The summed E-state index contributed by atoms with van der Waals surface area (Å²) in [7, 11) is 1.33. The first-order valence-corrected chi connectivity index (χ1v) is 5.64. The zero-order chi connectivity index (χ0) is 13.2. The number of benzene rings is 1. The molecular weight excluding hydrogens is 244 g/mol. The minimum absolute atomic E-state index is 0.295. The summed E-state index contributed by atoms with van der Waals surface area (Å²) in [6, 6.07) is 11.2. The SMILES string of the molecule is COC(=O)c1cc(-c2ccccc2)nc2ncnn12. The van der Waals surface area contributed by atoms with Gasteiger partial charge in [0.2, 0.25) is 0 Å². The van der Waals surface area contributed by atoms with Crippen LogP contribution in [0.15, 0.2) is 42.7 Å². The van der Waals surface area contributed by atoms with Gasteiger partial charge in [0, 0.05) is 5.56 Å². The summed E-state index contributed by atoms with van der Waals surface area (Å²) in [5, 5.41) is 3.96. The minimum atomic E-state index is -0.477. The van der Waals surface area contributed by atoms with Crippen LogP contribution in [0.4, 0.5) is 0 Å². The third-order valence-corrected chi connectivity index (χ3v) is 2.72. The van der Waals surface area contributed by atoms with Crippen molar-refractivity contribution in [1.29, 1.82) is 0 Å². The van der Waals surface area contributed by atoms with E-state index in [-0.39, 0.29) is 0 Å². The van der Waals surface area contributed by atoms with E-state index in [1.54, 1.807) is 6.07 Å². The molecule has 6 nitrogen and oxygen atoms in total. The maximum absolute atomic E-state index is 11.8. The zero-order valence-corrected chi connectivity index (χ0v) is 10.1. The molecule has 0 fully saturated rings. The standard InChI is InChI=1S/C13H10N4O2/c1-19-12(18)11-7-10(9-5-3-2-4-6-9)16-13-14-8-15-17(11)13/h2-8H,1H3. The van der Waals surface area contributed by atoms with Gasteiger partial charge in [-0.3, -0.25) is 0 Å². The second-order valence-corrected chi connectivity index (χ2v) is 3.86. The third-order valence-electron chi connectivity index (χ3n) is 2.72. The van der Waals surface area contributed by atoms with Crippen LogP contribution >= 0.6 is 0 Å². The number of methoxy groups -OCH3 is 1. The van der Waals surface area contributed by atoms with Gasteiger partial charge in [-0.15, -0.1) is 0 Å². The first kappa shape index (κ1) is 11.3. The lowest BCUT2D eigenvalue weighted by Crippen LogP contribution is -2.10. The van der Waals surface area contributed by atoms with Gasteiger partial charge in [-0.1, -0.05) is 30.3 Å². The van der Waals surface area contributed by atoms with Gasteiger partial charge in [-0.25, -0.2) is 9.78 Å². The molecule has 0 aliphatic rings. The van der Waals surface area contributed by atoms with Crippen molar-refractivity contribution in [1.82, 2.24) is 19.6 Å². The fraction of sp³-hybridized carbons (Fsp3) is 0.0769. The second-order valence-electron chi connectivity index (χ2n) is 3.86. The lowest BCUT2D eigenvalue weighted by molar-refractivity contribution is 0.0590. The van der Waals surface area contributed by atoms with E-state index in [1.165, 1.54) is 18.0 Å². The lowest BCUT2D eigenvalue weighted by Gasteiger charge is -2.05. The number of carbonyl (C=O) groups is 1. The summed E-state index contributed by atoms with van der Waals surface area (Å²) in [4.78, 5) is 20.1. The molecule has 6 heteroatoms. The van der Waals surface area contributed by atoms with Crippen LogP contribution in [0.5, 0.6) is 0 Å². The van der Waals surface area contributed by atoms with Crippen LogP contribution in [0, 0.1) is 0 Å². The number of carbonyl (C=O) groups excluding carboxylic acids is 1. The molecule has 0 atom stereocenters. The molecule has 0 bridgehead atoms. The molecule has 0 saturated heterocycles. The van der Waals surface area contributed by atoms with E-state index in [4.69, 9.17) is 4.74 Å². The highest BCUT2D eigenvalue weighted by atomic mass is 16.5. The highest BCUT2D eigenvalue weighted by molar-refractivity contribution is 5.89. The number of aromatic nitrogens is 4. The van der Waals surface area contributed by atoms with Gasteiger partial charge < -0.3 is 4.74 Å². The van der Waals surface area contributed by atoms with Gasteiger partial charge in [0.1, 0.15) is 6.33 Å². The molecule has 0 N–H and O–H groups in total. The van der Waals surface area contributed by atoms with E-state index < -0.39 is 5.97 Å². The highest BCUT2D eigenvalue weighted by Crippen LogP contribution is 2.18. The predicted molar refractivity (Wildman–Crippen MR) is 67.6 cm³/mol. The first-order valence-electron chi connectivity index (χ1n) is 5.64. The van der Waals surface area contributed by atoms with E-state index in [0.717, 1.165) is 5.56 Å². The van der Waals surface area contributed by atoms with Crippen molar-refractivity contribution in [2.75, 3.05) is 7.11 Å². The largest absolute Gasteiger partial charge is 0.464 e. The second kappa shape index (κ2) is 4.49. The normalized spacial score (nSPS) is 10.6. The van der Waals surface area contributed by atoms with Crippen LogP contribution in [0.3, 0.4) is 0 Å². The number of ether oxygens (including phenoxy) is 1. The molecule has 1 aromatic carbocycles. The maximum Gasteiger partial charge on any atom is 0.356 e. The average Bonchev–Trinajstić information content (AvgIpc) is 2.94. The monoisotopic (exact) mass is 254 g/mol. The molecule has 0 radical (unpaired) electrons. The predicted octanol–water partition coefficient (Wildman–Crippen LogP) is 1.58. The van der Waals surface area contributed by atoms with E-state index >= 15 is 0 Å². The van der Waals surface area contributed by atoms with Crippen molar-refractivity contribution in [2.45, 2.75) is 0 Å². The number of nitrogens with zero attached hydrogens (tertiary/aromatic N) is 4. The topological polar surface area (TPSA) is 69.4 Å². The van der Waals surface area contributed by atoms with Gasteiger partial charge in [0.15, 0.2) is 5.69 Å². The zero-order valence-electron chi connectivity index (χ0n) is 10.1. The van der Waals surface area contributed by atoms with Crippen LogP contribution in [0.25, 0.3) is 17.0 Å². The maximum atomic E-state index is 11.8. The Morgan fingerprint density at radius 2 is 2.05 bits per heavy atom. The molecule has 0 amide bonds. The molecule has 3 rings (SSSR count). The summed E-state index contributed by atoms with van der Waals surface area (Å²) in [5.41, 5.74) is 1.85. The van der Waals surface area contributed by atoms with Gasteiger partial charge in [0.25, 0.3) is 5.78 Å². The highest BCUT2D eigenvalue weighted by Gasteiger charge is 2.15. The van der Waals surface area contributed by atoms with E-state index in [1.807, 2.05) is 30.3 Å². The molecule has 2 heterocycles. The molecule has 19 heavy (non-hydrogen) atoms. The summed E-state index contributed by atoms with van der Waals surface area (Å²) < 4.78 is 6.11. The Morgan fingerprint density at radius 3 is 2.79 bits per heavy atom. The Kier molecular flexibility index (Phi) is 2.68. The van der Waals surface area contributed by atoms with Crippen molar-refractivity contribution >= 4 is 11.7 Å². The van der Waals surface area contributed by atoms with E-state index in [9.17, 15) is 4.79 Å². The van der Waals surface area contributed by atoms with Crippen LogP contribution in [-0.2, 0) is 4.74 Å². The summed E-state index contributed by atoms with van der Waals surface area (Å²) in [5.74, 6) is -0.114. The first-order chi connectivity index (χ1) is 9.29. The molecular formula is C13H10N4O2. The molecule has 94 valence electrons. The fourth-order valence-electron chi connectivity index (χ4n) is 1.82. The summed E-state index contributed by atoms with van der Waals surface area (Å²) in [6.07, 6.45) is 1.35. The van der Waals surface area contributed by atoms with Crippen LogP contribution in [0.1, 0.15) is 10.5 Å². The Hall–Kier alpha value is -2.76. The summed E-state index contributed by atoms with van der Waals surface area (Å²) in [6.45, 7) is 0. The van der Waals surface area contributed by atoms with Crippen LogP contribution in [-0.4, -0.2) is 32.7 Å². The van der Waals surface area contributed by atoms with E-state index in [0.29, 0.717) is 17.2 Å². The van der Waals surface area contributed by atoms with Crippen LogP contribution < -0.4 is 0 Å². The van der Waals surface area contributed by atoms with Gasteiger partial charge in [0.05, 0.1) is 12.8 Å². The van der Waals surface area contributed by atoms with E-state index in [2.05, 4.69) is 15.1 Å². The molecule has 2 aromatic heterocycles. The number of rotatable bonds is 2. The number of hydrogen-bond donors (Lipinski definition) is 0. The quantitative estimate of drug-likeness (QED) is 0.649. The van der Waals surface area contributed by atoms with Gasteiger partial charge in [-0.05, 0) is 6.07 Å². The van der Waals surface area contributed by atoms with Gasteiger partial charge in [-0.2, -0.15) is 14.6 Å². The average molecular weight is 254 g/mol. The molecule has 0 aliphatic heterocycles. The Bertz CT molecular complexity index is 737. The third kappa shape index (κ3) is 1.93. The number of esters is 1. The number of fused-ring (bicyclic) bond motifs is 1. The Morgan fingerprint density at radius 1 is 1.26 bits per heavy atom. The van der Waals surface area contributed by atoms with Crippen molar-refractivity contribution in [3.63, 3.8) is 0 Å². The molecule has 0 saturated carbocycles. The molecule has 0 unspecified atom stereocenters. The van der Waals surface area contributed by atoms with Crippen molar-refractivity contribution < 1.29 is 9.53 Å². The lowest BCUT2D eigenvalue weighted by atomic mass is 10.1.